The number of carbonyl (C=O) groups is 1. The van der Waals surface area contributed by atoms with Gasteiger partial charge in [-0.3, -0.25) is 14.7 Å². The third-order valence-corrected chi connectivity index (χ3v) is 10.2. The van der Waals surface area contributed by atoms with E-state index < -0.39 is 10.0 Å². The minimum atomic E-state index is -3.67. The molecule has 4 aromatic rings. The molecule has 0 bridgehead atoms. The zero-order chi connectivity index (χ0) is 26.9. The highest BCUT2D eigenvalue weighted by atomic mass is 35.5. The number of thiazole rings is 1. The number of rotatable bonds is 7. The Hall–Kier alpha value is -2.76. The fraction of sp³-hybridized carbons (Fsp3) is 0.269. The van der Waals surface area contributed by atoms with Crippen LogP contribution in [0.3, 0.4) is 0 Å². The van der Waals surface area contributed by atoms with E-state index in [1.54, 1.807) is 48.7 Å². The minimum Gasteiger partial charge on any atom is -0.494 e. The Balaban J connectivity index is 1.40. The van der Waals surface area contributed by atoms with Crippen molar-refractivity contribution in [3.8, 4) is 5.75 Å². The predicted molar refractivity (Wildman–Crippen MR) is 150 cm³/mol. The number of nitrogens with zero attached hydrogens (tertiary/aromatic N) is 4. The van der Waals surface area contributed by atoms with Crippen LogP contribution in [0.1, 0.15) is 18.4 Å². The molecular formula is C26H24Cl2N4O4S2. The smallest absolute Gasteiger partial charge is 0.243 e. The average molecular weight is 592 g/mol. The number of hydrogen-bond donors (Lipinski definition) is 0. The van der Waals surface area contributed by atoms with Gasteiger partial charge in [0.05, 0.1) is 28.3 Å². The number of amides is 1. The first kappa shape index (κ1) is 26.8. The van der Waals surface area contributed by atoms with Crippen molar-refractivity contribution in [1.82, 2.24) is 14.3 Å². The predicted octanol–water partition coefficient (Wildman–Crippen LogP) is 5.64. The van der Waals surface area contributed by atoms with Crippen LogP contribution in [-0.2, 0) is 21.4 Å². The van der Waals surface area contributed by atoms with E-state index in [4.69, 9.17) is 32.9 Å². The molecule has 1 aliphatic heterocycles. The lowest BCUT2D eigenvalue weighted by atomic mass is 9.96. The highest BCUT2D eigenvalue weighted by molar-refractivity contribution is 7.89. The fourth-order valence-electron chi connectivity index (χ4n) is 4.45. The van der Waals surface area contributed by atoms with E-state index in [0.29, 0.717) is 45.8 Å². The van der Waals surface area contributed by atoms with E-state index in [0.717, 1.165) is 10.3 Å². The van der Waals surface area contributed by atoms with E-state index >= 15 is 0 Å². The summed E-state index contributed by atoms with van der Waals surface area (Å²) in [5, 5.41) is 1.50. The number of ether oxygens (including phenoxy) is 1. The summed E-state index contributed by atoms with van der Waals surface area (Å²) >= 11 is 13.7. The third kappa shape index (κ3) is 5.37. The quantitative estimate of drug-likeness (QED) is 0.276. The van der Waals surface area contributed by atoms with Gasteiger partial charge in [0.2, 0.25) is 15.9 Å². The summed E-state index contributed by atoms with van der Waals surface area (Å²) in [5.74, 6) is 0.0984. The van der Waals surface area contributed by atoms with Crippen molar-refractivity contribution in [2.45, 2.75) is 24.3 Å². The van der Waals surface area contributed by atoms with E-state index in [1.807, 2.05) is 12.1 Å². The second-order valence-corrected chi connectivity index (χ2v) is 12.6. The molecule has 198 valence electrons. The van der Waals surface area contributed by atoms with Crippen LogP contribution in [0.25, 0.3) is 10.2 Å². The van der Waals surface area contributed by atoms with Crippen molar-refractivity contribution in [2.24, 2.45) is 5.92 Å². The van der Waals surface area contributed by atoms with Crippen LogP contribution in [0.5, 0.6) is 5.75 Å². The summed E-state index contributed by atoms with van der Waals surface area (Å²) in [7, 11) is -2.11. The van der Waals surface area contributed by atoms with Crippen molar-refractivity contribution in [3.63, 3.8) is 0 Å². The Kier molecular flexibility index (Phi) is 7.88. The van der Waals surface area contributed by atoms with Gasteiger partial charge in [-0.25, -0.2) is 13.4 Å². The van der Waals surface area contributed by atoms with E-state index in [1.165, 1.54) is 27.8 Å². The van der Waals surface area contributed by atoms with Gasteiger partial charge in [-0.05, 0) is 66.9 Å². The highest BCUT2D eigenvalue weighted by Crippen LogP contribution is 2.40. The zero-order valence-electron chi connectivity index (χ0n) is 20.4. The standard InChI is InChI=1S/C26H24Cl2N4O4S2/c1-36-22-7-6-21(28)24-23(22)30-26(37-24)32(16-17-8-12-29-13-9-17)25(33)18-10-14-31(15-11-18)38(34,35)20-4-2-19(27)3-5-20/h2-9,12-13,18H,10-11,14-16H2,1H3. The Morgan fingerprint density at radius 2 is 1.76 bits per heavy atom. The molecule has 0 spiro atoms. The van der Waals surface area contributed by atoms with Crippen LogP contribution in [0.15, 0.2) is 65.8 Å². The zero-order valence-corrected chi connectivity index (χ0v) is 23.5. The molecule has 8 nitrogen and oxygen atoms in total. The van der Waals surface area contributed by atoms with Gasteiger partial charge >= 0.3 is 0 Å². The van der Waals surface area contributed by atoms with Crippen LogP contribution >= 0.6 is 34.5 Å². The number of fused-ring (bicyclic) bond motifs is 1. The van der Waals surface area contributed by atoms with Crippen molar-refractivity contribution in [3.05, 3.63) is 76.5 Å². The Bertz CT molecular complexity index is 1560. The summed E-state index contributed by atoms with van der Waals surface area (Å²) in [6, 6.07) is 13.3. The molecule has 2 aromatic carbocycles. The van der Waals surface area contributed by atoms with Crippen LogP contribution in [-0.4, -0.2) is 48.8 Å². The second-order valence-electron chi connectivity index (χ2n) is 8.84. The van der Waals surface area contributed by atoms with Gasteiger partial charge in [-0.1, -0.05) is 34.5 Å². The maximum absolute atomic E-state index is 13.9. The molecule has 12 heteroatoms. The molecule has 1 saturated heterocycles. The first-order chi connectivity index (χ1) is 18.3. The fourth-order valence-corrected chi connectivity index (χ4v) is 7.31. The topological polar surface area (TPSA) is 92.7 Å². The monoisotopic (exact) mass is 590 g/mol. The van der Waals surface area contributed by atoms with E-state index in [9.17, 15) is 13.2 Å². The van der Waals surface area contributed by atoms with Crippen LogP contribution in [0, 0.1) is 5.92 Å². The largest absolute Gasteiger partial charge is 0.494 e. The SMILES string of the molecule is COc1ccc(Cl)c2sc(N(Cc3ccncc3)C(=O)C3CCN(S(=O)(=O)c4ccc(Cl)cc4)CC3)nc12. The average Bonchev–Trinajstić information content (AvgIpc) is 3.39. The van der Waals surface area contributed by atoms with Crippen molar-refractivity contribution in [1.29, 1.82) is 0 Å². The molecule has 0 saturated carbocycles. The molecule has 38 heavy (non-hydrogen) atoms. The first-order valence-corrected chi connectivity index (χ1v) is 14.9. The second kappa shape index (κ2) is 11.2. The number of pyridine rings is 1. The molecule has 0 radical (unpaired) electrons. The van der Waals surface area contributed by atoms with Crippen molar-refractivity contribution >= 4 is 65.8 Å². The summed E-state index contributed by atoms with van der Waals surface area (Å²) in [5.41, 5.74) is 1.49. The van der Waals surface area contributed by atoms with E-state index in [2.05, 4.69) is 4.98 Å². The number of anilines is 1. The molecule has 0 N–H and O–H groups in total. The summed E-state index contributed by atoms with van der Waals surface area (Å²) in [6.07, 6.45) is 4.15. The van der Waals surface area contributed by atoms with Gasteiger partial charge < -0.3 is 4.74 Å². The first-order valence-electron chi connectivity index (χ1n) is 11.9. The van der Waals surface area contributed by atoms with Crippen molar-refractivity contribution in [2.75, 3.05) is 25.1 Å². The number of halogens is 2. The molecule has 0 unspecified atom stereocenters. The summed E-state index contributed by atoms with van der Waals surface area (Å²) in [4.78, 5) is 24.6. The van der Waals surface area contributed by atoms with Crippen molar-refractivity contribution < 1.29 is 17.9 Å². The summed E-state index contributed by atoms with van der Waals surface area (Å²) < 4.78 is 33.8. The maximum atomic E-state index is 13.9. The highest BCUT2D eigenvalue weighted by Gasteiger charge is 2.35. The van der Waals surface area contributed by atoms with E-state index in [-0.39, 0.29) is 29.8 Å². The van der Waals surface area contributed by atoms with Crippen LogP contribution in [0.4, 0.5) is 5.13 Å². The molecule has 1 fully saturated rings. The number of hydrogen-bond acceptors (Lipinski definition) is 7. The molecule has 3 heterocycles. The number of aromatic nitrogens is 2. The lowest BCUT2D eigenvalue weighted by Crippen LogP contribution is -2.44. The molecule has 1 amide bonds. The lowest BCUT2D eigenvalue weighted by molar-refractivity contribution is -0.123. The van der Waals surface area contributed by atoms with Crippen LogP contribution < -0.4 is 9.64 Å². The number of piperidine rings is 1. The molecule has 1 aliphatic rings. The molecule has 2 aromatic heterocycles. The van der Waals surface area contributed by atoms with Gasteiger partial charge in [-0.15, -0.1) is 0 Å². The minimum absolute atomic E-state index is 0.112. The number of carbonyl (C=O) groups excluding carboxylic acids is 1. The van der Waals surface area contributed by atoms with Gasteiger partial charge in [0.25, 0.3) is 0 Å². The number of sulfonamides is 1. The third-order valence-electron chi connectivity index (χ3n) is 6.51. The maximum Gasteiger partial charge on any atom is 0.243 e. The summed E-state index contributed by atoms with van der Waals surface area (Å²) in [6.45, 7) is 0.776. The van der Waals surface area contributed by atoms with Gasteiger partial charge in [0, 0.05) is 36.4 Å². The van der Waals surface area contributed by atoms with Crippen LogP contribution in [0.2, 0.25) is 10.0 Å². The normalized spacial score (nSPS) is 15.0. The molecule has 0 aliphatic carbocycles. The lowest BCUT2D eigenvalue weighted by Gasteiger charge is -2.33. The molecule has 0 atom stereocenters. The molecule has 5 rings (SSSR count). The van der Waals surface area contributed by atoms with Gasteiger partial charge in [0.15, 0.2) is 5.13 Å². The Labute approximate surface area is 234 Å². The Morgan fingerprint density at radius 3 is 2.42 bits per heavy atom. The molecular weight excluding hydrogens is 567 g/mol. The van der Waals surface area contributed by atoms with Gasteiger partial charge in [0.1, 0.15) is 11.3 Å². The van der Waals surface area contributed by atoms with Gasteiger partial charge in [-0.2, -0.15) is 4.31 Å². The Morgan fingerprint density at radius 1 is 1.08 bits per heavy atom. The number of benzene rings is 2. The number of methoxy groups -OCH3 is 1.